The van der Waals surface area contributed by atoms with E-state index in [4.69, 9.17) is 4.74 Å². The number of piperidine rings is 3. The Hall–Kier alpha value is -2.40. The van der Waals surface area contributed by atoms with E-state index in [-0.39, 0.29) is 18.2 Å². The van der Waals surface area contributed by atoms with Gasteiger partial charge in [-0.1, -0.05) is 18.2 Å². The molecule has 4 heterocycles. The summed E-state index contributed by atoms with van der Waals surface area (Å²) in [6.45, 7) is 3.20. The van der Waals surface area contributed by atoms with Crippen LogP contribution in [0.25, 0.3) is 11.1 Å². The number of amides is 1. The first-order valence-corrected chi connectivity index (χ1v) is 10.5. The predicted molar refractivity (Wildman–Crippen MR) is 108 cm³/mol. The molecule has 0 radical (unpaired) electrons. The summed E-state index contributed by atoms with van der Waals surface area (Å²) < 4.78 is 5.86. The minimum atomic E-state index is -0.261. The standard InChI is InChI=1S/C23H27N3O2/c27-23(28-22-15-26-11-8-17(22)9-12-26)25-21-5-1-3-16-6-7-18(13-20(16)21)19-4-2-10-24-14-19/h2,4,6-7,10,13-14,17,21-22H,1,3,5,8-9,11-12,15H2,(H,25,27)/t21?,22-/m0/s1. The number of fused-ring (bicyclic) bond motifs is 4. The van der Waals surface area contributed by atoms with Crippen molar-refractivity contribution >= 4 is 6.09 Å². The molecule has 5 nitrogen and oxygen atoms in total. The lowest BCUT2D eigenvalue weighted by molar-refractivity contribution is -0.0340. The van der Waals surface area contributed by atoms with Crippen molar-refractivity contribution in [3.05, 3.63) is 53.9 Å². The molecule has 2 atom stereocenters. The molecule has 6 rings (SSSR count). The summed E-state index contributed by atoms with van der Waals surface area (Å²) in [7, 11) is 0. The van der Waals surface area contributed by atoms with E-state index < -0.39 is 0 Å². The number of alkyl carbamates (subject to hydrolysis) is 1. The van der Waals surface area contributed by atoms with E-state index in [1.54, 1.807) is 6.20 Å². The van der Waals surface area contributed by atoms with Crippen molar-refractivity contribution < 1.29 is 9.53 Å². The summed E-state index contributed by atoms with van der Waals surface area (Å²) in [6, 6.07) is 10.6. The highest BCUT2D eigenvalue weighted by molar-refractivity contribution is 5.69. The summed E-state index contributed by atoms with van der Waals surface area (Å²) in [5.41, 5.74) is 4.79. The molecule has 0 spiro atoms. The molecule has 1 aromatic carbocycles. The zero-order chi connectivity index (χ0) is 18.9. The molecule has 1 aromatic heterocycles. The molecule has 1 amide bonds. The number of benzene rings is 1. The third-order valence-corrected chi connectivity index (χ3v) is 6.60. The van der Waals surface area contributed by atoms with Gasteiger partial charge in [-0.05, 0) is 85.5 Å². The highest BCUT2D eigenvalue weighted by atomic mass is 16.6. The third kappa shape index (κ3) is 3.51. The van der Waals surface area contributed by atoms with Gasteiger partial charge in [-0.2, -0.15) is 0 Å². The Balaban J connectivity index is 1.31. The largest absolute Gasteiger partial charge is 0.445 e. The molecule has 28 heavy (non-hydrogen) atoms. The fourth-order valence-corrected chi connectivity index (χ4v) is 5.02. The number of nitrogens with zero attached hydrogens (tertiary/aromatic N) is 2. The molecule has 2 bridgehead atoms. The number of aromatic nitrogens is 1. The maximum absolute atomic E-state index is 12.7. The highest BCUT2D eigenvalue weighted by Gasteiger charge is 2.37. The normalized spacial score (nSPS) is 28.4. The zero-order valence-electron chi connectivity index (χ0n) is 16.1. The molecule has 1 aliphatic carbocycles. The van der Waals surface area contributed by atoms with Crippen molar-refractivity contribution in [2.45, 2.75) is 44.2 Å². The molecule has 0 saturated carbocycles. The van der Waals surface area contributed by atoms with Crippen molar-refractivity contribution in [1.29, 1.82) is 0 Å². The number of carbonyl (C=O) groups is 1. The molecule has 3 fully saturated rings. The molecular formula is C23H27N3O2. The van der Waals surface area contributed by atoms with Gasteiger partial charge in [-0.25, -0.2) is 4.79 Å². The van der Waals surface area contributed by atoms with Crippen LogP contribution in [0.1, 0.15) is 42.9 Å². The van der Waals surface area contributed by atoms with E-state index in [1.165, 1.54) is 11.1 Å². The van der Waals surface area contributed by atoms with Gasteiger partial charge in [0.15, 0.2) is 0 Å². The average molecular weight is 377 g/mol. The Morgan fingerprint density at radius 2 is 2.04 bits per heavy atom. The van der Waals surface area contributed by atoms with Gasteiger partial charge in [0.05, 0.1) is 6.04 Å². The molecule has 3 aliphatic heterocycles. The molecular weight excluding hydrogens is 350 g/mol. The van der Waals surface area contributed by atoms with Crippen molar-refractivity contribution in [3.63, 3.8) is 0 Å². The van der Waals surface area contributed by atoms with Gasteiger partial charge in [0, 0.05) is 18.9 Å². The van der Waals surface area contributed by atoms with Gasteiger partial charge in [-0.15, -0.1) is 0 Å². The van der Waals surface area contributed by atoms with Crippen LogP contribution in [0.15, 0.2) is 42.7 Å². The lowest BCUT2D eigenvalue weighted by Gasteiger charge is -2.44. The molecule has 1 unspecified atom stereocenters. The molecule has 3 saturated heterocycles. The number of carbonyl (C=O) groups excluding carboxylic acids is 1. The van der Waals surface area contributed by atoms with Crippen molar-refractivity contribution in [1.82, 2.24) is 15.2 Å². The van der Waals surface area contributed by atoms with Gasteiger partial charge >= 0.3 is 6.09 Å². The Labute approximate surface area is 166 Å². The number of pyridine rings is 1. The first kappa shape index (κ1) is 17.7. The van der Waals surface area contributed by atoms with Crippen LogP contribution >= 0.6 is 0 Å². The lowest BCUT2D eigenvalue weighted by atomic mass is 9.85. The number of ether oxygens (including phenoxy) is 1. The van der Waals surface area contributed by atoms with Crippen LogP contribution in [-0.2, 0) is 11.2 Å². The van der Waals surface area contributed by atoms with Crippen LogP contribution in [0.2, 0.25) is 0 Å². The topological polar surface area (TPSA) is 54.5 Å². The Bertz CT molecular complexity index is 846. The zero-order valence-corrected chi connectivity index (χ0v) is 16.1. The number of hydrogen-bond donors (Lipinski definition) is 1. The number of hydrogen-bond acceptors (Lipinski definition) is 4. The maximum Gasteiger partial charge on any atom is 0.407 e. The SMILES string of the molecule is O=C(NC1CCCc2ccc(-c3cccnc3)cc21)O[C@H]1CN2CCC1CC2. The van der Waals surface area contributed by atoms with Crippen LogP contribution in [0.5, 0.6) is 0 Å². The smallest absolute Gasteiger partial charge is 0.407 e. The lowest BCUT2D eigenvalue weighted by Crippen LogP contribution is -2.52. The van der Waals surface area contributed by atoms with Crippen LogP contribution < -0.4 is 5.32 Å². The van der Waals surface area contributed by atoms with E-state index in [0.717, 1.165) is 62.9 Å². The second kappa shape index (κ2) is 7.55. The van der Waals surface area contributed by atoms with Gasteiger partial charge in [0.1, 0.15) is 6.10 Å². The Morgan fingerprint density at radius 1 is 1.14 bits per heavy atom. The molecule has 146 valence electrons. The van der Waals surface area contributed by atoms with E-state index in [0.29, 0.717) is 5.92 Å². The number of nitrogens with one attached hydrogen (secondary N) is 1. The van der Waals surface area contributed by atoms with Crippen molar-refractivity contribution in [3.8, 4) is 11.1 Å². The first-order chi connectivity index (χ1) is 13.8. The second-order valence-electron chi connectivity index (χ2n) is 8.33. The summed E-state index contributed by atoms with van der Waals surface area (Å²) >= 11 is 0. The maximum atomic E-state index is 12.7. The first-order valence-electron chi connectivity index (χ1n) is 10.5. The number of aryl methyl sites for hydroxylation is 1. The van der Waals surface area contributed by atoms with Crippen LogP contribution in [-0.4, -0.2) is 41.7 Å². The summed E-state index contributed by atoms with van der Waals surface area (Å²) in [5.74, 6) is 0.534. The van der Waals surface area contributed by atoms with Crippen LogP contribution in [0.3, 0.4) is 0 Å². The molecule has 4 aliphatic rings. The number of rotatable bonds is 3. The highest BCUT2D eigenvalue weighted by Crippen LogP contribution is 2.34. The third-order valence-electron chi connectivity index (χ3n) is 6.60. The predicted octanol–water partition coefficient (Wildman–Crippen LogP) is 3.95. The summed E-state index contributed by atoms with van der Waals surface area (Å²) in [4.78, 5) is 19.3. The summed E-state index contributed by atoms with van der Waals surface area (Å²) in [6.07, 6.45) is 8.87. The van der Waals surface area contributed by atoms with Crippen molar-refractivity contribution in [2.75, 3.05) is 19.6 Å². The molecule has 2 aromatic rings. The minimum absolute atomic E-state index is 0.0222. The van der Waals surface area contributed by atoms with Crippen LogP contribution in [0.4, 0.5) is 4.79 Å². The monoisotopic (exact) mass is 377 g/mol. The Morgan fingerprint density at radius 3 is 2.79 bits per heavy atom. The van der Waals surface area contributed by atoms with Crippen molar-refractivity contribution in [2.24, 2.45) is 5.92 Å². The Kier molecular flexibility index (Phi) is 4.77. The minimum Gasteiger partial charge on any atom is -0.445 e. The molecule has 1 N–H and O–H groups in total. The quantitative estimate of drug-likeness (QED) is 0.880. The summed E-state index contributed by atoms with van der Waals surface area (Å²) in [5, 5.41) is 3.17. The fourth-order valence-electron chi connectivity index (χ4n) is 5.02. The fraction of sp³-hybridized carbons (Fsp3) is 0.478. The van der Waals surface area contributed by atoms with E-state index in [9.17, 15) is 4.79 Å². The van der Waals surface area contributed by atoms with Crippen LogP contribution in [0, 0.1) is 5.92 Å². The van der Waals surface area contributed by atoms with Gasteiger partial charge in [0.25, 0.3) is 0 Å². The van der Waals surface area contributed by atoms with Gasteiger partial charge < -0.3 is 10.1 Å². The van der Waals surface area contributed by atoms with E-state index >= 15 is 0 Å². The van der Waals surface area contributed by atoms with E-state index in [1.807, 2.05) is 12.3 Å². The average Bonchev–Trinajstić information content (AvgIpc) is 2.75. The second-order valence-corrected chi connectivity index (χ2v) is 8.33. The van der Waals surface area contributed by atoms with Gasteiger partial charge in [-0.3, -0.25) is 9.88 Å². The molecule has 5 heteroatoms. The van der Waals surface area contributed by atoms with Gasteiger partial charge in [0.2, 0.25) is 0 Å². The van der Waals surface area contributed by atoms with E-state index in [2.05, 4.69) is 39.5 Å².